The van der Waals surface area contributed by atoms with E-state index in [-0.39, 0.29) is 33.3 Å². The average Bonchev–Trinajstić information content (AvgIpc) is 2.70. The number of Topliss-reactive ketones (excluding diaryl/α,β-unsaturated/α-hetero) is 1. The van der Waals surface area contributed by atoms with Crippen molar-refractivity contribution in [3.05, 3.63) is 51.5 Å². The maximum atomic E-state index is 12.9. The Balaban J connectivity index is 2.42. The van der Waals surface area contributed by atoms with Gasteiger partial charge in [0.15, 0.2) is 17.3 Å². The van der Waals surface area contributed by atoms with Crippen LogP contribution >= 0.6 is 15.9 Å². The smallest absolute Gasteiger partial charge is 0.342 e. The van der Waals surface area contributed by atoms with E-state index in [9.17, 15) is 19.5 Å². The summed E-state index contributed by atoms with van der Waals surface area (Å²) in [6.07, 6.45) is 1.13. The van der Waals surface area contributed by atoms with Crippen molar-refractivity contribution < 1.29 is 33.7 Å². The zero-order chi connectivity index (χ0) is 21.3. The molecule has 0 saturated heterocycles. The van der Waals surface area contributed by atoms with E-state index in [0.717, 1.165) is 12.1 Å². The Morgan fingerprint density at radius 3 is 2.38 bits per heavy atom. The molecular formula is C21H17BrO7. The molecule has 0 spiro atoms. The summed E-state index contributed by atoms with van der Waals surface area (Å²) >= 11 is 3.10. The van der Waals surface area contributed by atoms with Gasteiger partial charge >= 0.3 is 5.97 Å². The third-order valence-corrected chi connectivity index (χ3v) is 5.01. The first-order valence-corrected chi connectivity index (χ1v) is 9.39. The number of methoxy groups -OCH3 is 2. The van der Waals surface area contributed by atoms with E-state index in [4.69, 9.17) is 14.2 Å². The predicted molar refractivity (Wildman–Crippen MR) is 108 cm³/mol. The molecule has 0 radical (unpaired) electrons. The predicted octanol–water partition coefficient (Wildman–Crippen LogP) is 3.91. The fourth-order valence-corrected chi connectivity index (χ4v) is 3.57. The molecule has 0 fully saturated rings. The number of fused-ring (bicyclic) bond motifs is 1. The summed E-state index contributed by atoms with van der Waals surface area (Å²) < 4.78 is 15.7. The number of ether oxygens (including phenoxy) is 3. The summed E-state index contributed by atoms with van der Waals surface area (Å²) in [7, 11) is 2.92. The lowest BCUT2D eigenvalue weighted by atomic mass is 9.84. The van der Waals surface area contributed by atoms with Gasteiger partial charge in [0.2, 0.25) is 5.78 Å². The van der Waals surface area contributed by atoms with Crippen molar-refractivity contribution in [3.63, 3.8) is 0 Å². The standard InChI is InChI=1S/C21H17BrO7/c1-4-29-21(26)19-14(24)8-11-13(23)9-12(22)20(25)18(11)17(19)10-5-6-15(27-2)16(7-10)28-3/h5-9,24H,4H2,1-3H3. The molecule has 0 heterocycles. The van der Waals surface area contributed by atoms with Gasteiger partial charge in [0.05, 0.1) is 25.3 Å². The molecule has 0 saturated carbocycles. The number of aromatic hydroxyl groups is 1. The van der Waals surface area contributed by atoms with Crippen molar-refractivity contribution in [3.8, 4) is 28.4 Å². The highest BCUT2D eigenvalue weighted by atomic mass is 79.9. The Morgan fingerprint density at radius 2 is 1.76 bits per heavy atom. The number of halogens is 1. The SMILES string of the molecule is CCOC(=O)c1c(O)cc2c(c1-c1ccc(OC)c(OC)c1)C(=O)C(Br)=CC2=O. The second-order valence-corrected chi connectivity index (χ2v) is 6.90. The molecule has 2 aromatic rings. The van der Waals surface area contributed by atoms with Gasteiger partial charge in [-0.2, -0.15) is 0 Å². The molecule has 1 aliphatic carbocycles. The number of esters is 1. The summed E-state index contributed by atoms with van der Waals surface area (Å²) in [5, 5.41) is 10.6. The summed E-state index contributed by atoms with van der Waals surface area (Å²) in [5.41, 5.74) is 0.246. The molecule has 0 unspecified atom stereocenters. The molecule has 0 aliphatic heterocycles. The largest absolute Gasteiger partial charge is 0.507 e. The topological polar surface area (TPSA) is 99.1 Å². The van der Waals surface area contributed by atoms with Crippen LogP contribution in [0.15, 0.2) is 34.8 Å². The van der Waals surface area contributed by atoms with Gasteiger partial charge in [0, 0.05) is 22.8 Å². The monoisotopic (exact) mass is 460 g/mol. The average molecular weight is 461 g/mol. The number of carbonyl (C=O) groups is 3. The molecule has 150 valence electrons. The van der Waals surface area contributed by atoms with Crippen LogP contribution in [0, 0.1) is 0 Å². The Labute approximate surface area is 175 Å². The van der Waals surface area contributed by atoms with E-state index in [1.807, 2.05) is 0 Å². The van der Waals surface area contributed by atoms with Crippen LogP contribution in [0.4, 0.5) is 0 Å². The molecule has 2 aromatic carbocycles. The number of ketones is 2. The van der Waals surface area contributed by atoms with Crippen LogP contribution in [0.1, 0.15) is 38.0 Å². The summed E-state index contributed by atoms with van der Waals surface area (Å²) in [4.78, 5) is 38.0. The summed E-state index contributed by atoms with van der Waals surface area (Å²) in [6, 6.07) is 5.87. The van der Waals surface area contributed by atoms with Gasteiger partial charge in [0.1, 0.15) is 11.3 Å². The minimum absolute atomic E-state index is 0.00236. The number of hydrogen-bond acceptors (Lipinski definition) is 7. The van der Waals surface area contributed by atoms with E-state index in [1.165, 1.54) is 14.2 Å². The van der Waals surface area contributed by atoms with E-state index in [1.54, 1.807) is 25.1 Å². The number of hydrogen-bond donors (Lipinski definition) is 1. The maximum Gasteiger partial charge on any atom is 0.342 e. The van der Waals surface area contributed by atoms with Gasteiger partial charge in [-0.25, -0.2) is 4.79 Å². The van der Waals surface area contributed by atoms with Gasteiger partial charge in [-0.05, 0) is 46.6 Å². The summed E-state index contributed by atoms with van der Waals surface area (Å²) in [5.74, 6) is -1.45. The lowest BCUT2D eigenvalue weighted by Crippen LogP contribution is -2.19. The normalized spacial score (nSPS) is 12.9. The number of rotatable bonds is 5. The highest BCUT2D eigenvalue weighted by Gasteiger charge is 2.34. The van der Waals surface area contributed by atoms with Crippen molar-refractivity contribution in [2.45, 2.75) is 6.92 Å². The molecule has 8 heteroatoms. The van der Waals surface area contributed by atoms with Gasteiger partial charge in [-0.15, -0.1) is 0 Å². The lowest BCUT2D eigenvalue weighted by molar-refractivity contribution is 0.0523. The number of allylic oxidation sites excluding steroid dienone is 2. The number of phenols is 1. The van der Waals surface area contributed by atoms with Crippen LogP contribution in [0.2, 0.25) is 0 Å². The Hall–Kier alpha value is -3.13. The zero-order valence-electron chi connectivity index (χ0n) is 15.9. The van der Waals surface area contributed by atoms with Crippen molar-refractivity contribution in [1.29, 1.82) is 0 Å². The van der Waals surface area contributed by atoms with Gasteiger partial charge < -0.3 is 19.3 Å². The molecule has 0 aromatic heterocycles. The lowest BCUT2D eigenvalue weighted by Gasteiger charge is -2.21. The van der Waals surface area contributed by atoms with Crippen LogP contribution in [-0.4, -0.2) is 43.5 Å². The van der Waals surface area contributed by atoms with Gasteiger partial charge in [-0.3, -0.25) is 9.59 Å². The molecule has 1 aliphatic rings. The Kier molecular flexibility index (Phi) is 5.74. The van der Waals surface area contributed by atoms with Crippen LogP contribution < -0.4 is 9.47 Å². The van der Waals surface area contributed by atoms with Crippen LogP contribution in [0.25, 0.3) is 11.1 Å². The first-order chi connectivity index (χ1) is 13.8. The molecule has 7 nitrogen and oxygen atoms in total. The maximum absolute atomic E-state index is 12.9. The molecular weight excluding hydrogens is 444 g/mol. The molecule has 0 amide bonds. The van der Waals surface area contributed by atoms with Crippen LogP contribution in [-0.2, 0) is 4.74 Å². The van der Waals surface area contributed by atoms with E-state index < -0.39 is 23.3 Å². The fourth-order valence-electron chi connectivity index (χ4n) is 3.17. The first-order valence-electron chi connectivity index (χ1n) is 8.59. The van der Waals surface area contributed by atoms with Crippen molar-refractivity contribution in [1.82, 2.24) is 0 Å². The van der Waals surface area contributed by atoms with Crippen LogP contribution in [0.3, 0.4) is 0 Å². The summed E-state index contributed by atoms with van der Waals surface area (Å²) in [6.45, 7) is 1.69. The van der Waals surface area contributed by atoms with E-state index in [2.05, 4.69) is 15.9 Å². The quantitative estimate of drug-likeness (QED) is 0.675. The molecule has 0 bridgehead atoms. The number of benzene rings is 2. The van der Waals surface area contributed by atoms with E-state index in [0.29, 0.717) is 17.1 Å². The van der Waals surface area contributed by atoms with Crippen molar-refractivity contribution >= 4 is 33.5 Å². The highest BCUT2D eigenvalue weighted by Crippen LogP contribution is 2.42. The highest BCUT2D eigenvalue weighted by molar-refractivity contribution is 9.12. The third kappa shape index (κ3) is 3.51. The second kappa shape index (κ2) is 8.08. The fraction of sp³-hybridized carbons (Fsp3) is 0.190. The minimum atomic E-state index is -0.816. The second-order valence-electron chi connectivity index (χ2n) is 6.04. The molecule has 1 N–H and O–H groups in total. The Morgan fingerprint density at radius 1 is 1.07 bits per heavy atom. The minimum Gasteiger partial charge on any atom is -0.507 e. The Bertz CT molecular complexity index is 1070. The van der Waals surface area contributed by atoms with Crippen molar-refractivity contribution in [2.24, 2.45) is 0 Å². The van der Waals surface area contributed by atoms with Gasteiger partial charge in [-0.1, -0.05) is 6.07 Å². The van der Waals surface area contributed by atoms with Gasteiger partial charge in [0.25, 0.3) is 0 Å². The zero-order valence-corrected chi connectivity index (χ0v) is 17.5. The third-order valence-electron chi connectivity index (χ3n) is 4.43. The molecule has 0 atom stereocenters. The van der Waals surface area contributed by atoms with Crippen LogP contribution in [0.5, 0.6) is 17.2 Å². The molecule has 3 rings (SSSR count). The van der Waals surface area contributed by atoms with E-state index >= 15 is 0 Å². The van der Waals surface area contributed by atoms with Crippen molar-refractivity contribution in [2.75, 3.05) is 20.8 Å². The molecule has 29 heavy (non-hydrogen) atoms. The number of phenolic OH excluding ortho intramolecular Hbond substituents is 1. The first kappa shape index (κ1) is 20.6. The number of carbonyl (C=O) groups excluding carboxylic acids is 3.